The lowest BCUT2D eigenvalue weighted by Crippen LogP contribution is -2.11. The molecule has 3 rings (SSSR count). The summed E-state index contributed by atoms with van der Waals surface area (Å²) in [5.74, 6) is 5.19. The SMILES string of the molecule is CC#C[C@@H](CC(=O)O)c1ccc(OCc2ccc3c(cnn3CCS(C)(=O)=O)c2)cc1. The van der Waals surface area contributed by atoms with Gasteiger partial charge in [-0.1, -0.05) is 24.1 Å². The van der Waals surface area contributed by atoms with Crippen molar-refractivity contribution in [2.75, 3.05) is 12.0 Å². The summed E-state index contributed by atoms with van der Waals surface area (Å²) in [6, 6.07) is 13.1. The van der Waals surface area contributed by atoms with E-state index >= 15 is 0 Å². The van der Waals surface area contributed by atoms with Gasteiger partial charge in [0.15, 0.2) is 0 Å². The quantitative estimate of drug-likeness (QED) is 0.513. The maximum atomic E-state index is 11.4. The van der Waals surface area contributed by atoms with Crippen LogP contribution in [0, 0.1) is 11.8 Å². The van der Waals surface area contributed by atoms with Crippen LogP contribution < -0.4 is 4.74 Å². The number of aromatic nitrogens is 2. The van der Waals surface area contributed by atoms with Crippen molar-refractivity contribution < 1.29 is 23.1 Å². The van der Waals surface area contributed by atoms with Crippen LogP contribution >= 0.6 is 0 Å². The second-order valence-electron chi connectivity index (χ2n) is 7.29. The Hall–Kier alpha value is -3.31. The number of nitrogens with zero attached hydrogens (tertiary/aromatic N) is 2. The fourth-order valence-corrected chi connectivity index (χ4v) is 3.73. The summed E-state index contributed by atoms with van der Waals surface area (Å²) < 4.78 is 30.3. The van der Waals surface area contributed by atoms with Crippen LogP contribution in [0.4, 0.5) is 0 Å². The molecule has 8 heteroatoms. The topological polar surface area (TPSA) is 98.5 Å². The second kappa shape index (κ2) is 9.67. The van der Waals surface area contributed by atoms with E-state index in [1.54, 1.807) is 17.8 Å². The summed E-state index contributed by atoms with van der Waals surface area (Å²) in [7, 11) is -3.05. The summed E-state index contributed by atoms with van der Waals surface area (Å²) in [4.78, 5) is 11.0. The number of hydrogen-bond donors (Lipinski definition) is 1. The van der Waals surface area contributed by atoms with Crippen molar-refractivity contribution in [1.29, 1.82) is 0 Å². The van der Waals surface area contributed by atoms with Gasteiger partial charge in [-0.05, 0) is 42.3 Å². The maximum Gasteiger partial charge on any atom is 0.304 e. The van der Waals surface area contributed by atoms with Crippen LogP contribution in [-0.4, -0.2) is 41.3 Å². The number of benzene rings is 2. The Balaban J connectivity index is 1.65. The summed E-state index contributed by atoms with van der Waals surface area (Å²) >= 11 is 0. The number of fused-ring (bicyclic) bond motifs is 1. The van der Waals surface area contributed by atoms with Crippen molar-refractivity contribution in [1.82, 2.24) is 9.78 Å². The maximum absolute atomic E-state index is 11.4. The van der Waals surface area contributed by atoms with Gasteiger partial charge in [-0.15, -0.1) is 5.92 Å². The minimum atomic E-state index is -3.05. The van der Waals surface area contributed by atoms with Gasteiger partial charge in [-0.2, -0.15) is 5.10 Å². The average molecular weight is 441 g/mol. The van der Waals surface area contributed by atoms with E-state index in [1.807, 2.05) is 42.5 Å². The van der Waals surface area contributed by atoms with Gasteiger partial charge >= 0.3 is 5.97 Å². The van der Waals surface area contributed by atoms with Crippen molar-refractivity contribution >= 4 is 26.7 Å². The number of rotatable bonds is 9. The fourth-order valence-electron chi connectivity index (χ4n) is 3.22. The molecule has 0 spiro atoms. The van der Waals surface area contributed by atoms with Crippen LogP contribution in [0.25, 0.3) is 10.9 Å². The summed E-state index contributed by atoms with van der Waals surface area (Å²) in [6.07, 6.45) is 2.89. The van der Waals surface area contributed by atoms with Crippen LogP contribution in [0.3, 0.4) is 0 Å². The molecule has 0 aliphatic heterocycles. The van der Waals surface area contributed by atoms with Gasteiger partial charge in [-0.3, -0.25) is 9.48 Å². The molecular formula is C23H24N2O5S. The van der Waals surface area contributed by atoms with E-state index in [4.69, 9.17) is 9.84 Å². The van der Waals surface area contributed by atoms with Crippen LogP contribution in [0.1, 0.15) is 30.4 Å². The van der Waals surface area contributed by atoms with E-state index in [9.17, 15) is 13.2 Å². The molecule has 1 heterocycles. The van der Waals surface area contributed by atoms with E-state index in [2.05, 4.69) is 16.9 Å². The molecule has 0 amide bonds. The molecule has 1 N–H and O–H groups in total. The van der Waals surface area contributed by atoms with Gasteiger partial charge in [0.05, 0.1) is 36.3 Å². The Morgan fingerprint density at radius 3 is 2.61 bits per heavy atom. The van der Waals surface area contributed by atoms with Crippen molar-refractivity contribution in [2.24, 2.45) is 0 Å². The predicted octanol–water partition coefficient (Wildman–Crippen LogP) is 3.24. The lowest BCUT2D eigenvalue weighted by Gasteiger charge is -2.11. The lowest BCUT2D eigenvalue weighted by atomic mass is 9.96. The molecule has 0 radical (unpaired) electrons. The normalized spacial score (nSPS) is 12.2. The number of ether oxygens (including phenoxy) is 1. The first-order chi connectivity index (χ1) is 14.7. The van der Waals surface area contributed by atoms with Crippen molar-refractivity contribution in [3.8, 4) is 17.6 Å². The highest BCUT2D eigenvalue weighted by molar-refractivity contribution is 7.90. The number of carboxylic acid groups (broad SMARTS) is 1. The number of sulfone groups is 1. The van der Waals surface area contributed by atoms with E-state index in [1.165, 1.54) is 6.26 Å². The van der Waals surface area contributed by atoms with E-state index < -0.39 is 15.8 Å². The smallest absolute Gasteiger partial charge is 0.304 e. The standard InChI is InChI=1S/C23H24N2O5S/c1-3-4-19(14-23(26)27)18-6-8-21(9-7-18)30-16-17-5-10-22-20(13-17)15-24-25(22)11-12-31(2,28)29/h5-10,13,15,19H,11-12,14,16H2,1-2H3,(H,26,27)/t19-/m0/s1. The average Bonchev–Trinajstić information content (AvgIpc) is 3.12. The zero-order chi connectivity index (χ0) is 22.4. The fraction of sp³-hybridized carbons (Fsp3) is 0.304. The van der Waals surface area contributed by atoms with E-state index in [0.29, 0.717) is 18.9 Å². The summed E-state index contributed by atoms with van der Waals surface area (Å²) in [5.41, 5.74) is 2.67. The molecule has 0 aliphatic rings. The molecule has 0 unspecified atom stereocenters. The third kappa shape index (κ3) is 6.33. The molecule has 0 bridgehead atoms. The molecule has 7 nitrogen and oxygen atoms in total. The monoisotopic (exact) mass is 440 g/mol. The molecule has 0 saturated heterocycles. The van der Waals surface area contributed by atoms with Crippen LogP contribution in [0.2, 0.25) is 0 Å². The first-order valence-corrected chi connectivity index (χ1v) is 11.8. The minimum Gasteiger partial charge on any atom is -0.489 e. The molecule has 1 aromatic heterocycles. The van der Waals surface area contributed by atoms with Gasteiger partial charge < -0.3 is 9.84 Å². The first-order valence-electron chi connectivity index (χ1n) is 9.74. The third-order valence-corrected chi connectivity index (χ3v) is 5.69. The van der Waals surface area contributed by atoms with Gasteiger partial charge in [0.1, 0.15) is 22.2 Å². The lowest BCUT2D eigenvalue weighted by molar-refractivity contribution is -0.137. The Morgan fingerprint density at radius 2 is 1.97 bits per heavy atom. The highest BCUT2D eigenvalue weighted by Crippen LogP contribution is 2.23. The molecule has 1 atom stereocenters. The number of hydrogen-bond acceptors (Lipinski definition) is 5. The van der Waals surface area contributed by atoms with E-state index in [0.717, 1.165) is 22.0 Å². The van der Waals surface area contributed by atoms with Crippen LogP contribution in [0.5, 0.6) is 5.75 Å². The zero-order valence-electron chi connectivity index (χ0n) is 17.4. The Labute approximate surface area is 181 Å². The second-order valence-corrected chi connectivity index (χ2v) is 9.55. The number of carboxylic acids is 1. The third-order valence-electron chi connectivity index (χ3n) is 4.77. The Kier molecular flexibility index (Phi) is 6.98. The summed E-state index contributed by atoms with van der Waals surface area (Å²) in [5, 5.41) is 14.2. The van der Waals surface area contributed by atoms with Crippen molar-refractivity contribution in [3.05, 3.63) is 59.8 Å². The Bertz CT molecular complexity index is 1230. The summed E-state index contributed by atoms with van der Waals surface area (Å²) in [6.45, 7) is 2.37. The molecular weight excluding hydrogens is 416 g/mol. The van der Waals surface area contributed by atoms with Crippen LogP contribution in [-0.2, 0) is 27.8 Å². The molecule has 0 aliphatic carbocycles. The zero-order valence-corrected chi connectivity index (χ0v) is 18.2. The molecule has 31 heavy (non-hydrogen) atoms. The highest BCUT2D eigenvalue weighted by atomic mass is 32.2. The first kappa shape index (κ1) is 22.4. The molecule has 0 fully saturated rings. The van der Waals surface area contributed by atoms with Crippen molar-refractivity contribution in [3.63, 3.8) is 0 Å². The molecule has 3 aromatic rings. The predicted molar refractivity (Wildman–Crippen MR) is 119 cm³/mol. The van der Waals surface area contributed by atoms with Gasteiger partial charge in [0.25, 0.3) is 0 Å². The largest absolute Gasteiger partial charge is 0.489 e. The Morgan fingerprint density at radius 1 is 1.23 bits per heavy atom. The number of aryl methyl sites for hydroxylation is 1. The van der Waals surface area contributed by atoms with Gasteiger partial charge in [-0.25, -0.2) is 8.42 Å². The van der Waals surface area contributed by atoms with Crippen molar-refractivity contribution in [2.45, 2.75) is 32.4 Å². The minimum absolute atomic E-state index is 0.0427. The number of carbonyl (C=O) groups is 1. The van der Waals surface area contributed by atoms with E-state index in [-0.39, 0.29) is 18.1 Å². The number of aliphatic carboxylic acids is 1. The van der Waals surface area contributed by atoms with Crippen LogP contribution in [0.15, 0.2) is 48.7 Å². The van der Waals surface area contributed by atoms with Gasteiger partial charge in [0.2, 0.25) is 0 Å². The van der Waals surface area contributed by atoms with Gasteiger partial charge in [0, 0.05) is 11.6 Å². The molecule has 162 valence electrons. The highest BCUT2D eigenvalue weighted by Gasteiger charge is 2.13. The molecule has 2 aromatic carbocycles. The molecule has 0 saturated carbocycles.